The predicted octanol–water partition coefficient (Wildman–Crippen LogP) is 1.85. The number of hydrogen-bond donors (Lipinski definition) is 2. The summed E-state index contributed by atoms with van der Waals surface area (Å²) in [4.78, 5) is 0. The summed E-state index contributed by atoms with van der Waals surface area (Å²) in [5, 5.41) is 3.11. The third-order valence-corrected chi connectivity index (χ3v) is 2.58. The maximum Gasteiger partial charge on any atom is 0.133 e. The zero-order valence-corrected chi connectivity index (χ0v) is 11.1. The summed E-state index contributed by atoms with van der Waals surface area (Å²) in [5.41, 5.74) is 7.29. The zero-order valence-electron chi connectivity index (χ0n) is 11.1. The maximum atomic E-state index is 5.34. The van der Waals surface area contributed by atoms with Crippen molar-refractivity contribution in [2.24, 2.45) is 5.73 Å². The van der Waals surface area contributed by atoms with E-state index in [-0.39, 0.29) is 0 Å². The van der Waals surface area contributed by atoms with Crippen molar-refractivity contribution in [1.82, 2.24) is 5.32 Å². The van der Waals surface area contributed by atoms with E-state index < -0.39 is 0 Å². The monoisotopic (exact) mass is 264 g/mol. The van der Waals surface area contributed by atoms with Crippen LogP contribution in [0.1, 0.15) is 5.56 Å². The van der Waals surface area contributed by atoms with Crippen LogP contribution in [-0.2, 0) is 0 Å². The molecule has 3 N–H and O–H groups in total. The van der Waals surface area contributed by atoms with E-state index in [2.05, 4.69) is 29.0 Å². The fourth-order valence-electron chi connectivity index (χ4n) is 1.63. The van der Waals surface area contributed by atoms with Crippen molar-refractivity contribution in [2.75, 3.05) is 19.6 Å². The van der Waals surface area contributed by atoms with Gasteiger partial charge in [0.15, 0.2) is 0 Å². The first-order valence-electron chi connectivity index (χ1n) is 6.39. The standard InChI is InChI=1S/C17H16N2O/c18-11-1-2-12-19-13-3-5-15-7-9-16(10-8-15)17-6-4-14-20-17/h4,6-10,14,19H,11-13,18H2. The van der Waals surface area contributed by atoms with E-state index in [0.717, 1.165) is 16.9 Å². The second-order valence-corrected chi connectivity index (χ2v) is 4.02. The van der Waals surface area contributed by atoms with Gasteiger partial charge in [0, 0.05) is 11.1 Å². The Kier molecular flexibility index (Phi) is 5.49. The Balaban J connectivity index is 1.85. The molecule has 0 fully saturated rings. The normalized spacial score (nSPS) is 9.25. The minimum atomic E-state index is 0.398. The van der Waals surface area contributed by atoms with Gasteiger partial charge in [-0.25, -0.2) is 0 Å². The van der Waals surface area contributed by atoms with Crippen LogP contribution >= 0.6 is 0 Å². The zero-order chi connectivity index (χ0) is 14.0. The molecule has 0 bridgehead atoms. The molecule has 0 saturated heterocycles. The first-order valence-corrected chi connectivity index (χ1v) is 6.39. The van der Waals surface area contributed by atoms with E-state index in [1.54, 1.807) is 6.26 Å². The first kappa shape index (κ1) is 14.0. The number of hydrogen-bond acceptors (Lipinski definition) is 3. The van der Waals surface area contributed by atoms with E-state index in [0.29, 0.717) is 19.6 Å². The molecule has 0 aliphatic rings. The molecule has 0 saturated carbocycles. The molecular formula is C17H16N2O. The summed E-state index contributed by atoms with van der Waals surface area (Å²) in [6.07, 6.45) is 1.67. The van der Waals surface area contributed by atoms with Crippen LogP contribution < -0.4 is 11.1 Å². The minimum Gasteiger partial charge on any atom is -0.464 e. The van der Waals surface area contributed by atoms with Crippen molar-refractivity contribution in [3.05, 3.63) is 48.2 Å². The van der Waals surface area contributed by atoms with Gasteiger partial charge in [0.25, 0.3) is 0 Å². The third-order valence-electron chi connectivity index (χ3n) is 2.58. The average Bonchev–Trinajstić information content (AvgIpc) is 3.01. The number of nitrogens with two attached hydrogens (primary N) is 1. The number of rotatable bonds is 3. The molecule has 0 aliphatic carbocycles. The van der Waals surface area contributed by atoms with Crippen molar-refractivity contribution in [3.63, 3.8) is 0 Å². The van der Waals surface area contributed by atoms with Crippen LogP contribution in [0.4, 0.5) is 0 Å². The lowest BCUT2D eigenvalue weighted by Crippen LogP contribution is -2.14. The molecule has 3 nitrogen and oxygen atoms in total. The lowest BCUT2D eigenvalue weighted by Gasteiger charge is -1.96. The molecule has 0 unspecified atom stereocenters. The lowest BCUT2D eigenvalue weighted by atomic mass is 10.1. The quantitative estimate of drug-likeness (QED) is 0.657. The molecule has 0 amide bonds. The smallest absolute Gasteiger partial charge is 0.133 e. The van der Waals surface area contributed by atoms with Gasteiger partial charge in [0.1, 0.15) is 5.76 Å². The van der Waals surface area contributed by atoms with Crippen LogP contribution in [0.3, 0.4) is 0 Å². The van der Waals surface area contributed by atoms with Crippen molar-refractivity contribution >= 4 is 0 Å². The maximum absolute atomic E-state index is 5.34. The van der Waals surface area contributed by atoms with Gasteiger partial charge in [-0.05, 0) is 24.3 Å². The van der Waals surface area contributed by atoms with Gasteiger partial charge in [0.05, 0.1) is 25.9 Å². The van der Waals surface area contributed by atoms with E-state index in [4.69, 9.17) is 10.2 Å². The van der Waals surface area contributed by atoms with E-state index >= 15 is 0 Å². The summed E-state index contributed by atoms with van der Waals surface area (Å²) in [6, 6.07) is 11.8. The van der Waals surface area contributed by atoms with Crippen LogP contribution in [0.15, 0.2) is 47.1 Å². The molecule has 0 radical (unpaired) electrons. The third kappa shape index (κ3) is 4.33. The number of benzene rings is 1. The van der Waals surface area contributed by atoms with Crippen LogP contribution in [0.2, 0.25) is 0 Å². The van der Waals surface area contributed by atoms with Gasteiger partial charge < -0.3 is 10.2 Å². The highest BCUT2D eigenvalue weighted by molar-refractivity contribution is 5.58. The van der Waals surface area contributed by atoms with Crippen molar-refractivity contribution in [3.8, 4) is 35.0 Å². The summed E-state index contributed by atoms with van der Waals surface area (Å²) >= 11 is 0. The molecule has 0 spiro atoms. The van der Waals surface area contributed by atoms with Crippen LogP contribution in [0, 0.1) is 23.7 Å². The summed E-state index contributed by atoms with van der Waals surface area (Å²) < 4.78 is 5.34. The fraction of sp³-hybridized carbons (Fsp3) is 0.176. The number of furan rings is 1. The van der Waals surface area contributed by atoms with Crippen molar-refractivity contribution in [1.29, 1.82) is 0 Å². The highest BCUT2D eigenvalue weighted by atomic mass is 16.3. The second-order valence-electron chi connectivity index (χ2n) is 4.02. The molecule has 0 atom stereocenters. The highest BCUT2D eigenvalue weighted by Crippen LogP contribution is 2.19. The average molecular weight is 264 g/mol. The van der Waals surface area contributed by atoms with E-state index in [1.165, 1.54) is 0 Å². The van der Waals surface area contributed by atoms with Gasteiger partial charge in [-0.3, -0.25) is 5.32 Å². The molecular weight excluding hydrogens is 248 g/mol. The predicted molar refractivity (Wildman–Crippen MR) is 80.7 cm³/mol. The lowest BCUT2D eigenvalue weighted by molar-refractivity contribution is 0.582. The second kappa shape index (κ2) is 7.86. The molecule has 1 heterocycles. The fourth-order valence-corrected chi connectivity index (χ4v) is 1.63. The Morgan fingerprint density at radius 3 is 2.50 bits per heavy atom. The molecule has 1 aromatic carbocycles. The summed E-state index contributed by atoms with van der Waals surface area (Å²) in [5.74, 6) is 12.7. The van der Waals surface area contributed by atoms with Gasteiger partial charge in [-0.1, -0.05) is 35.8 Å². The van der Waals surface area contributed by atoms with Gasteiger partial charge in [0.2, 0.25) is 0 Å². The van der Waals surface area contributed by atoms with Crippen molar-refractivity contribution in [2.45, 2.75) is 0 Å². The van der Waals surface area contributed by atoms with Crippen LogP contribution in [0.25, 0.3) is 11.3 Å². The molecule has 20 heavy (non-hydrogen) atoms. The van der Waals surface area contributed by atoms with Crippen LogP contribution in [0.5, 0.6) is 0 Å². The largest absolute Gasteiger partial charge is 0.464 e. The van der Waals surface area contributed by atoms with Crippen LogP contribution in [-0.4, -0.2) is 19.6 Å². The molecule has 1 aromatic heterocycles. The molecule has 3 heteroatoms. The van der Waals surface area contributed by atoms with Crippen molar-refractivity contribution < 1.29 is 4.42 Å². The van der Waals surface area contributed by atoms with Gasteiger partial charge in [-0.2, -0.15) is 0 Å². The summed E-state index contributed by atoms with van der Waals surface area (Å²) in [6.45, 7) is 1.62. The van der Waals surface area contributed by atoms with Gasteiger partial charge >= 0.3 is 0 Å². The first-order chi connectivity index (χ1) is 9.90. The van der Waals surface area contributed by atoms with E-state index in [1.807, 2.05) is 36.4 Å². The Bertz CT molecular complexity index is 634. The Labute approximate surface area is 119 Å². The Morgan fingerprint density at radius 2 is 1.80 bits per heavy atom. The molecule has 0 aliphatic heterocycles. The Hall–Kier alpha value is -2.46. The Morgan fingerprint density at radius 1 is 1.00 bits per heavy atom. The summed E-state index contributed by atoms with van der Waals surface area (Å²) in [7, 11) is 0. The SMILES string of the molecule is NCC#CCNCC#Cc1ccc(-c2ccco2)cc1. The molecule has 100 valence electrons. The number of nitrogens with one attached hydrogen (secondary N) is 1. The molecule has 2 aromatic rings. The minimum absolute atomic E-state index is 0.398. The van der Waals surface area contributed by atoms with E-state index in [9.17, 15) is 0 Å². The highest BCUT2D eigenvalue weighted by Gasteiger charge is 1.98. The topological polar surface area (TPSA) is 51.2 Å². The molecule has 2 rings (SSSR count). The van der Waals surface area contributed by atoms with Gasteiger partial charge in [-0.15, -0.1) is 0 Å².